The maximum atomic E-state index is 11.8. The highest BCUT2D eigenvalue weighted by molar-refractivity contribution is 8.13. The summed E-state index contributed by atoms with van der Waals surface area (Å²) in [5, 5.41) is 0.200. The largest absolute Gasteiger partial charge is 0.370 e. The lowest BCUT2D eigenvalue weighted by molar-refractivity contribution is -0.116. The highest BCUT2D eigenvalue weighted by Crippen LogP contribution is 2.15. The van der Waals surface area contributed by atoms with E-state index in [-0.39, 0.29) is 17.1 Å². The number of carbonyl (C=O) groups is 1. The Hall–Kier alpha value is -0.750. The Balaban J connectivity index is 4.30. The molecule has 0 saturated carbocycles. The predicted molar refractivity (Wildman–Crippen MR) is 75.1 cm³/mol. The van der Waals surface area contributed by atoms with Crippen molar-refractivity contribution < 1.29 is 4.79 Å². The molecule has 0 aromatic heterocycles. The number of hydrogen-bond donors (Lipinski definition) is 2. The maximum absolute atomic E-state index is 11.8. The summed E-state index contributed by atoms with van der Waals surface area (Å²) >= 11 is 1.28. The predicted octanol–water partition coefficient (Wildman–Crippen LogP) is 0.638. The second-order valence-electron chi connectivity index (χ2n) is 4.25. The van der Waals surface area contributed by atoms with Crippen LogP contribution in [0.5, 0.6) is 0 Å². The third kappa shape index (κ3) is 6.53. The molecular weight excluding hydrogens is 236 g/mol. The molecule has 0 bridgehead atoms. The molecule has 0 heterocycles. The molecule has 0 aliphatic heterocycles. The van der Waals surface area contributed by atoms with Gasteiger partial charge >= 0.3 is 0 Å². The second kappa shape index (κ2) is 8.36. The molecule has 5 nitrogen and oxygen atoms in total. The molecule has 1 atom stereocenters. The van der Waals surface area contributed by atoms with Crippen LogP contribution >= 0.6 is 11.8 Å². The number of carbonyl (C=O) groups excluding carboxylic acids is 1. The van der Waals surface area contributed by atoms with Crippen molar-refractivity contribution in [3.05, 3.63) is 0 Å². The number of rotatable bonds is 7. The summed E-state index contributed by atoms with van der Waals surface area (Å²) < 4.78 is 0. The first kappa shape index (κ1) is 16.2. The molecule has 0 aliphatic rings. The number of likely N-dealkylation sites (N-methyl/N-ethyl adjacent to an activating group) is 1. The Morgan fingerprint density at radius 1 is 1.41 bits per heavy atom. The summed E-state index contributed by atoms with van der Waals surface area (Å²) in [6, 6.07) is 0.290. The van der Waals surface area contributed by atoms with Crippen molar-refractivity contribution in [3.63, 3.8) is 0 Å². The van der Waals surface area contributed by atoms with Gasteiger partial charge in [0.25, 0.3) is 0 Å². The summed E-state index contributed by atoms with van der Waals surface area (Å²) in [5.74, 6) is 0.106. The Morgan fingerprint density at radius 2 is 2.00 bits per heavy atom. The average Bonchev–Trinajstić information content (AvgIpc) is 2.27. The maximum Gasteiger partial charge on any atom is 0.205 e. The molecule has 17 heavy (non-hydrogen) atoms. The molecule has 0 spiro atoms. The van der Waals surface area contributed by atoms with Crippen LogP contribution in [-0.4, -0.2) is 47.9 Å². The first-order valence-electron chi connectivity index (χ1n) is 5.75. The van der Waals surface area contributed by atoms with Gasteiger partial charge in [-0.1, -0.05) is 11.8 Å². The van der Waals surface area contributed by atoms with Crippen molar-refractivity contribution in [2.75, 3.05) is 19.8 Å². The molecule has 4 N–H and O–H groups in total. The van der Waals surface area contributed by atoms with Crippen LogP contribution in [0.3, 0.4) is 0 Å². The minimum atomic E-state index is -0.0563. The molecule has 0 unspecified atom stereocenters. The fourth-order valence-electron chi connectivity index (χ4n) is 1.48. The molecular formula is C11H24N4OS. The van der Waals surface area contributed by atoms with Crippen molar-refractivity contribution in [1.29, 1.82) is 0 Å². The molecule has 0 fully saturated rings. The Bertz CT molecular complexity index is 264. The number of nitrogens with zero attached hydrogens (tertiary/aromatic N) is 2. The Kier molecular flexibility index (Phi) is 7.99. The molecule has 0 saturated heterocycles. The zero-order valence-electron chi connectivity index (χ0n) is 11.1. The van der Waals surface area contributed by atoms with E-state index in [9.17, 15) is 4.79 Å². The van der Waals surface area contributed by atoms with Crippen LogP contribution < -0.4 is 11.5 Å². The van der Waals surface area contributed by atoms with Crippen LogP contribution in [0, 0.1) is 0 Å². The van der Waals surface area contributed by atoms with Gasteiger partial charge in [0, 0.05) is 12.6 Å². The van der Waals surface area contributed by atoms with E-state index in [0.717, 1.165) is 12.8 Å². The third-order valence-corrected chi connectivity index (χ3v) is 3.38. The van der Waals surface area contributed by atoms with E-state index in [2.05, 4.69) is 23.7 Å². The van der Waals surface area contributed by atoms with Crippen LogP contribution in [0.1, 0.15) is 26.7 Å². The van der Waals surface area contributed by atoms with E-state index in [1.807, 2.05) is 13.3 Å². The molecule has 0 rings (SSSR count). The van der Waals surface area contributed by atoms with Gasteiger partial charge in [-0.25, -0.2) is 0 Å². The lowest BCUT2D eigenvalue weighted by Gasteiger charge is -2.29. The smallest absolute Gasteiger partial charge is 0.205 e. The molecule has 0 aromatic carbocycles. The fraction of sp³-hybridized carbons (Fsp3) is 0.818. The van der Waals surface area contributed by atoms with Gasteiger partial charge < -0.3 is 11.5 Å². The van der Waals surface area contributed by atoms with Crippen LogP contribution in [0.4, 0.5) is 0 Å². The molecule has 0 amide bonds. The minimum absolute atomic E-state index is 0.0563. The molecule has 6 heteroatoms. The average molecular weight is 260 g/mol. The number of aliphatic imine (C=N–C) groups is 1. The van der Waals surface area contributed by atoms with E-state index in [0.29, 0.717) is 12.6 Å². The summed E-state index contributed by atoms with van der Waals surface area (Å²) in [4.78, 5) is 17.8. The molecule has 0 radical (unpaired) electrons. The highest BCUT2D eigenvalue weighted by atomic mass is 32.2. The normalized spacial score (nSPS) is 12.8. The number of guanidine groups is 1. The van der Waals surface area contributed by atoms with Crippen molar-refractivity contribution >= 4 is 22.8 Å². The van der Waals surface area contributed by atoms with Gasteiger partial charge in [0.05, 0.1) is 6.04 Å². The second-order valence-corrected chi connectivity index (χ2v) is 5.06. The number of nitrogens with two attached hydrogens (primary N) is 2. The van der Waals surface area contributed by atoms with Crippen molar-refractivity contribution in [3.8, 4) is 0 Å². The molecule has 100 valence electrons. The van der Waals surface area contributed by atoms with Gasteiger partial charge in [0.15, 0.2) is 5.96 Å². The SMILES string of the molecule is CSC(=O)[C@H](CCCN=C(N)N)N(C)C(C)C. The van der Waals surface area contributed by atoms with Gasteiger partial charge in [0.2, 0.25) is 5.12 Å². The first-order valence-corrected chi connectivity index (χ1v) is 6.97. The van der Waals surface area contributed by atoms with E-state index in [1.54, 1.807) is 0 Å². The van der Waals surface area contributed by atoms with Crippen molar-refractivity contribution in [1.82, 2.24) is 4.90 Å². The van der Waals surface area contributed by atoms with Gasteiger partial charge in [-0.3, -0.25) is 14.7 Å². The van der Waals surface area contributed by atoms with Gasteiger partial charge in [-0.15, -0.1) is 0 Å². The lowest BCUT2D eigenvalue weighted by Crippen LogP contribution is -2.41. The minimum Gasteiger partial charge on any atom is -0.370 e. The molecule has 0 aliphatic carbocycles. The lowest BCUT2D eigenvalue weighted by atomic mass is 10.1. The number of hydrogen-bond acceptors (Lipinski definition) is 4. The van der Waals surface area contributed by atoms with E-state index in [4.69, 9.17) is 11.5 Å². The summed E-state index contributed by atoms with van der Waals surface area (Å²) in [6.45, 7) is 4.74. The van der Waals surface area contributed by atoms with Crippen molar-refractivity contribution in [2.45, 2.75) is 38.8 Å². The van der Waals surface area contributed by atoms with Crippen LogP contribution in [0.15, 0.2) is 4.99 Å². The van der Waals surface area contributed by atoms with Crippen LogP contribution in [0.25, 0.3) is 0 Å². The van der Waals surface area contributed by atoms with Crippen LogP contribution in [0.2, 0.25) is 0 Å². The standard InChI is InChI=1S/C11H24N4OS/c1-8(2)15(3)9(10(16)17-4)6-5-7-14-11(12)13/h8-9H,5-7H2,1-4H3,(H4,12,13,14)/t9-/m0/s1. The summed E-state index contributed by atoms with van der Waals surface area (Å²) in [6.07, 6.45) is 3.41. The fourth-order valence-corrected chi connectivity index (χ4v) is 2.03. The quantitative estimate of drug-likeness (QED) is 0.398. The topological polar surface area (TPSA) is 84.7 Å². The van der Waals surface area contributed by atoms with E-state index in [1.165, 1.54) is 11.8 Å². The zero-order valence-corrected chi connectivity index (χ0v) is 12.0. The van der Waals surface area contributed by atoms with E-state index >= 15 is 0 Å². The zero-order chi connectivity index (χ0) is 13.4. The van der Waals surface area contributed by atoms with Crippen LogP contribution in [-0.2, 0) is 4.79 Å². The van der Waals surface area contributed by atoms with Gasteiger partial charge in [0.1, 0.15) is 0 Å². The Labute approximate surface area is 108 Å². The van der Waals surface area contributed by atoms with Gasteiger partial charge in [-0.2, -0.15) is 0 Å². The Morgan fingerprint density at radius 3 is 2.41 bits per heavy atom. The monoisotopic (exact) mass is 260 g/mol. The van der Waals surface area contributed by atoms with E-state index < -0.39 is 0 Å². The summed E-state index contributed by atoms with van der Waals surface area (Å²) in [5.41, 5.74) is 10.5. The highest BCUT2D eigenvalue weighted by Gasteiger charge is 2.23. The van der Waals surface area contributed by atoms with Crippen molar-refractivity contribution in [2.24, 2.45) is 16.5 Å². The number of thioether (sulfide) groups is 1. The molecule has 0 aromatic rings. The summed E-state index contributed by atoms with van der Waals surface area (Å²) in [7, 11) is 1.98. The van der Waals surface area contributed by atoms with Gasteiger partial charge in [-0.05, 0) is 40.0 Å². The first-order chi connectivity index (χ1) is 7.90. The third-order valence-electron chi connectivity index (χ3n) is 2.71.